The number of hydrogen-bond acceptors (Lipinski definition) is 22. The Kier molecular flexibility index (Phi) is 28.9. The van der Waals surface area contributed by atoms with Crippen LogP contribution >= 0.6 is 0 Å². The molecule has 1 aliphatic carbocycles. The number of aromatic nitrogens is 2. The van der Waals surface area contributed by atoms with Gasteiger partial charge in [0.2, 0.25) is 17.6 Å². The Morgan fingerprint density at radius 2 is 1.60 bits per heavy atom. The van der Waals surface area contributed by atoms with Crippen LogP contribution in [0.3, 0.4) is 0 Å². The Balaban J connectivity index is 0.884. The highest BCUT2D eigenvalue weighted by Crippen LogP contribution is 2.42. The first-order valence-electron chi connectivity index (χ1n) is 35.3. The molecule has 2 aromatic rings. The molecule has 98 heavy (non-hydrogen) atoms. The van der Waals surface area contributed by atoms with E-state index in [9.17, 15) is 44.1 Å². The van der Waals surface area contributed by atoms with Gasteiger partial charge in [-0.15, -0.1) is 0 Å². The number of Topliss-reactive ketones (excluding diaryl/α,β-unsaturated/α-hetero) is 2. The van der Waals surface area contributed by atoms with Crippen molar-refractivity contribution in [1.29, 1.82) is 0 Å². The minimum atomic E-state index is -2.59. The number of nitrogens with zero attached hydrogens (tertiary/aromatic N) is 6. The van der Waals surface area contributed by atoms with Crippen molar-refractivity contribution in [2.45, 2.75) is 199 Å². The second-order valence-electron chi connectivity index (χ2n) is 27.8. The highest BCUT2D eigenvalue weighted by molar-refractivity contribution is 6.39. The van der Waals surface area contributed by atoms with E-state index in [-0.39, 0.29) is 95.1 Å². The molecular formula is C73H109N9O16. The van der Waals surface area contributed by atoms with Gasteiger partial charge < -0.3 is 79.5 Å². The number of likely N-dealkylation sites (tertiary alicyclic amines) is 1. The molecule has 0 radical (unpaired) electrons. The number of aryl methyl sites for hydroxylation is 1. The van der Waals surface area contributed by atoms with Crippen LogP contribution in [0.15, 0.2) is 72.2 Å². The molecule has 3 saturated heterocycles. The predicted octanol–water partition coefficient (Wildman–Crippen LogP) is 6.65. The highest BCUT2D eigenvalue weighted by atomic mass is 16.7. The molecule has 25 nitrogen and oxygen atoms in total. The number of nitrogens with one attached hydrogen (secondary N) is 2. The molecule has 25 heteroatoms. The monoisotopic (exact) mass is 1370 g/mol. The minimum Gasteiger partial charge on any atom is -0.456 e. The van der Waals surface area contributed by atoms with Gasteiger partial charge in [0.1, 0.15) is 47.2 Å². The third kappa shape index (κ3) is 20.4. The number of nitrogens with two attached hydrogens (primary N) is 1. The summed E-state index contributed by atoms with van der Waals surface area (Å²) in [5.41, 5.74) is 11.0. The Morgan fingerprint density at radius 1 is 0.888 bits per heavy atom. The number of aliphatic hydroxyl groups excluding tert-OH is 2. The van der Waals surface area contributed by atoms with Crippen molar-refractivity contribution in [3.63, 3.8) is 0 Å². The zero-order valence-corrected chi connectivity index (χ0v) is 59.1. The fourth-order valence-corrected chi connectivity index (χ4v) is 14.7. The standard InChI is InChI=1S/C73H109N9O16/c1-45-35-46(2)37-61(93-9)68-62(94-10)39-48(4)73(91,98-68)69(88)71(89)80-28-15-12-18-55(80)72(90)97-67(47(3)38-52-20-22-57(83)60(41-52)92-8)50(6)58(84)42-59(85)54(36-45)17-16-19-64(86)75-25-32-96-34-33-95-31-24-65(87)81(30-29-79-26-13-11-14-27-79)63-23-21-53(43-76-63)44-82-51(7)78-66-56(82)40-49(5)77-70(66)74/h16,19,21,23,36,38,40,43,46,48,50,52,54-55,57-58,60-62,67-68,78,83-84,91H,7,11-15,17-18,20,22,24-35,37,39,41-42,44H2,1-6,8-10H3,(H2,74,77)(H,75,86)/b19-16+,45-36-,47-38+/t46-,48-,50-,52+,54+,55?,57-,58+,60-,61-,62+,67-,68+,73-/m1/s1. The fourth-order valence-electron chi connectivity index (χ4n) is 14.7. The van der Waals surface area contributed by atoms with Crippen LogP contribution in [0.25, 0.3) is 0 Å². The predicted molar refractivity (Wildman–Crippen MR) is 370 cm³/mol. The van der Waals surface area contributed by atoms with E-state index in [2.05, 4.69) is 27.1 Å². The van der Waals surface area contributed by atoms with Gasteiger partial charge in [-0.2, -0.15) is 0 Å². The fraction of sp³-hybridized carbons (Fsp3) is 0.671. The topological polar surface area (TPSA) is 317 Å². The summed E-state index contributed by atoms with van der Waals surface area (Å²) in [6.45, 7) is 19.8. The van der Waals surface area contributed by atoms with E-state index in [0.717, 1.165) is 65.6 Å². The van der Waals surface area contributed by atoms with Crippen molar-refractivity contribution in [2.75, 3.05) is 108 Å². The number of allylic oxidation sites excluding steroid dienone is 4. The number of anilines is 4. The maximum Gasteiger partial charge on any atom is 0.329 e. The lowest BCUT2D eigenvalue weighted by Gasteiger charge is -2.47. The molecule has 7 N–H and O–H groups in total. The summed E-state index contributed by atoms with van der Waals surface area (Å²) in [6.07, 6.45) is 9.90. The number of esters is 1. The molecule has 0 aromatic carbocycles. The Labute approximate surface area is 578 Å². The van der Waals surface area contributed by atoms with Gasteiger partial charge in [0, 0.05) is 83.6 Å². The number of ether oxygens (including phenoxy) is 7. The number of fused-ring (bicyclic) bond motifs is 4. The van der Waals surface area contributed by atoms with E-state index in [4.69, 9.17) is 43.9 Å². The molecule has 2 aromatic heterocycles. The van der Waals surface area contributed by atoms with Crippen LogP contribution in [0.2, 0.25) is 0 Å². The molecule has 2 bridgehead atoms. The van der Waals surface area contributed by atoms with E-state index < -0.39 is 95.9 Å². The third-order valence-corrected chi connectivity index (χ3v) is 20.3. The van der Waals surface area contributed by atoms with Crippen LogP contribution < -0.4 is 26.2 Å². The van der Waals surface area contributed by atoms with E-state index >= 15 is 0 Å². The second-order valence-corrected chi connectivity index (χ2v) is 27.8. The number of aliphatic hydroxyl groups is 3. The van der Waals surface area contributed by atoms with Crippen LogP contribution in [-0.4, -0.2) is 212 Å². The molecule has 14 atom stereocenters. The van der Waals surface area contributed by atoms with Crippen molar-refractivity contribution < 1.29 is 77.2 Å². The van der Waals surface area contributed by atoms with E-state index in [1.165, 1.54) is 26.7 Å². The summed E-state index contributed by atoms with van der Waals surface area (Å²) in [5.74, 6) is -7.62. The quantitative estimate of drug-likeness (QED) is 0.0223. The maximum atomic E-state index is 14.7. The van der Waals surface area contributed by atoms with Crippen molar-refractivity contribution >= 4 is 58.3 Å². The van der Waals surface area contributed by atoms with Gasteiger partial charge in [-0.1, -0.05) is 63.6 Å². The lowest BCUT2D eigenvalue weighted by atomic mass is 9.81. The van der Waals surface area contributed by atoms with Crippen LogP contribution in [0.5, 0.6) is 0 Å². The van der Waals surface area contributed by atoms with Crippen molar-refractivity contribution in [3.8, 4) is 0 Å². The molecule has 6 aliphatic rings. The first-order valence-corrected chi connectivity index (χ1v) is 35.3. The first kappa shape index (κ1) is 77.2. The number of piperidine rings is 2. The van der Waals surface area contributed by atoms with Crippen LogP contribution in [0, 0.1) is 36.5 Å². The number of pyridine rings is 2. The number of rotatable bonds is 23. The van der Waals surface area contributed by atoms with Crippen molar-refractivity contribution in [2.24, 2.45) is 29.6 Å². The molecule has 1 saturated carbocycles. The third-order valence-electron chi connectivity index (χ3n) is 20.3. The molecule has 5 aliphatic heterocycles. The van der Waals surface area contributed by atoms with E-state index in [1.807, 2.05) is 56.0 Å². The number of carbonyl (C=O) groups is 6. The normalized spacial score (nSPS) is 30.4. The lowest BCUT2D eigenvalue weighted by Crippen LogP contribution is -2.64. The van der Waals surface area contributed by atoms with E-state index in [1.54, 1.807) is 45.1 Å². The van der Waals surface area contributed by atoms with Crippen LogP contribution in [0.1, 0.15) is 142 Å². The maximum absolute atomic E-state index is 14.7. The van der Waals surface area contributed by atoms with Gasteiger partial charge >= 0.3 is 5.97 Å². The Bertz CT molecular complexity index is 3140. The Hall–Kier alpha value is -6.52. The number of hydrogen-bond donors (Lipinski definition) is 6. The summed E-state index contributed by atoms with van der Waals surface area (Å²) in [4.78, 5) is 102. The van der Waals surface area contributed by atoms with Gasteiger partial charge in [-0.3, -0.25) is 28.9 Å². The SMILES string of the molecule is C=C1Nc2c(cc(C)nc2N)N1Cc1ccc(N(CCN2CCCCC2)C(=O)CCOCCOCCNC(=O)/C=C/C[C@H]2/C=C(/C)C[C@@H](C)C[C@@H](OC)[C@@H]3O[C@@](O)(C(=O)C(=O)N4CCCCC4C(=O)O[C@H](/C(C)=C/[C@@H]4CC[C@@H](O)[C@H](OC)C4)[C@H](C)[C@@H](O)CC2=O)[C@H](C)C[C@@H]3OC)nc1. The van der Waals surface area contributed by atoms with Gasteiger partial charge in [0.15, 0.2) is 0 Å². The highest BCUT2D eigenvalue weighted by Gasteiger charge is 2.57. The molecular weight excluding hydrogens is 1260 g/mol. The number of ketones is 2. The molecule has 7 heterocycles. The van der Waals surface area contributed by atoms with Crippen LogP contribution in [0.4, 0.5) is 23.0 Å². The summed E-state index contributed by atoms with van der Waals surface area (Å²) in [5, 5.41) is 41.1. The summed E-state index contributed by atoms with van der Waals surface area (Å²) in [7, 11) is 4.55. The van der Waals surface area contributed by atoms with Crippen molar-refractivity contribution in [3.05, 3.63) is 83.5 Å². The van der Waals surface area contributed by atoms with Gasteiger partial charge in [0.25, 0.3) is 11.7 Å². The first-order chi connectivity index (χ1) is 46.9. The number of nitrogen functional groups attached to an aromatic ring is 1. The number of amides is 3. The lowest BCUT2D eigenvalue weighted by molar-refractivity contribution is -0.302. The molecule has 0 spiro atoms. The summed E-state index contributed by atoms with van der Waals surface area (Å²) >= 11 is 0. The van der Waals surface area contributed by atoms with Gasteiger partial charge in [-0.25, -0.2) is 14.8 Å². The second kappa shape index (κ2) is 36.7. The molecule has 4 fully saturated rings. The molecule has 8 rings (SSSR count). The largest absolute Gasteiger partial charge is 0.456 e. The van der Waals surface area contributed by atoms with Crippen LogP contribution in [-0.2, 0) is 68.5 Å². The Morgan fingerprint density at radius 3 is 2.32 bits per heavy atom. The van der Waals surface area contributed by atoms with E-state index in [0.29, 0.717) is 81.1 Å². The van der Waals surface area contributed by atoms with Gasteiger partial charge in [-0.05, 0) is 152 Å². The molecule has 542 valence electrons. The average Bonchev–Trinajstić information content (AvgIpc) is 0.889. The number of methoxy groups -OCH3 is 3. The summed E-state index contributed by atoms with van der Waals surface area (Å²) < 4.78 is 41.8. The molecule has 1 unspecified atom stereocenters. The molecule has 3 amide bonds. The van der Waals surface area contributed by atoms with Gasteiger partial charge in [0.05, 0.1) is 75.6 Å². The average molecular weight is 1370 g/mol. The smallest absolute Gasteiger partial charge is 0.329 e. The van der Waals surface area contributed by atoms with Crippen molar-refractivity contribution in [1.82, 2.24) is 25.1 Å². The number of cyclic esters (lactones) is 1. The minimum absolute atomic E-state index is 0.0346. The zero-order valence-electron chi connectivity index (χ0n) is 59.1. The number of carbonyl (C=O) groups excluding carboxylic acids is 6. The zero-order chi connectivity index (χ0) is 70.8. The summed E-state index contributed by atoms with van der Waals surface area (Å²) in [6, 6.07) is 4.60.